The smallest absolute Gasteiger partial charge is 0.221 e. The first-order chi connectivity index (χ1) is 7.52. The van der Waals surface area contributed by atoms with Crippen molar-refractivity contribution >= 4 is 28.9 Å². The third kappa shape index (κ3) is 3.10. The number of nitrogens with zero attached hydrogens (tertiary/aromatic N) is 1. The number of rotatable bonds is 2. The Kier molecular flexibility index (Phi) is 3.62. The molecular weight excluding hydrogens is 206 g/mol. The van der Waals surface area contributed by atoms with E-state index in [2.05, 4.69) is 15.5 Å². The fourth-order valence-electron chi connectivity index (χ4n) is 1.20. The van der Waals surface area contributed by atoms with E-state index >= 15 is 0 Å². The zero-order chi connectivity index (χ0) is 12.1. The summed E-state index contributed by atoms with van der Waals surface area (Å²) in [5.74, 6) is -0.464. The molecule has 0 aliphatic carbocycles. The molecule has 0 fully saturated rings. The van der Waals surface area contributed by atoms with E-state index in [1.54, 1.807) is 18.2 Å². The molecule has 82 valence electrons. The summed E-state index contributed by atoms with van der Waals surface area (Å²) < 4.78 is 0. The standard InChI is InChI=1S/C11H11N3O2/c1-7(15)13-9-4-5-10(12-3)11(6-9)14-8(2)16/h4-6H,1-2H3,(H,13,15)(H,14,16). The van der Waals surface area contributed by atoms with E-state index in [0.717, 1.165) is 0 Å². The Morgan fingerprint density at radius 2 is 1.81 bits per heavy atom. The molecule has 0 aliphatic heterocycles. The Hall–Kier alpha value is -2.35. The van der Waals surface area contributed by atoms with Crippen LogP contribution < -0.4 is 10.6 Å². The van der Waals surface area contributed by atoms with Crippen LogP contribution in [0.4, 0.5) is 17.1 Å². The first kappa shape index (κ1) is 11.7. The van der Waals surface area contributed by atoms with Gasteiger partial charge in [-0.3, -0.25) is 9.59 Å². The minimum Gasteiger partial charge on any atom is -0.336 e. The molecule has 0 aliphatic rings. The largest absolute Gasteiger partial charge is 0.336 e. The number of carbonyl (C=O) groups excluding carboxylic acids is 2. The highest BCUT2D eigenvalue weighted by Crippen LogP contribution is 2.28. The van der Waals surface area contributed by atoms with Crippen LogP contribution >= 0.6 is 0 Å². The van der Waals surface area contributed by atoms with E-state index in [0.29, 0.717) is 17.1 Å². The van der Waals surface area contributed by atoms with Gasteiger partial charge in [-0.05, 0) is 12.1 Å². The van der Waals surface area contributed by atoms with Gasteiger partial charge in [-0.2, -0.15) is 0 Å². The fourth-order valence-corrected chi connectivity index (χ4v) is 1.20. The van der Waals surface area contributed by atoms with Crippen molar-refractivity contribution in [3.05, 3.63) is 29.6 Å². The Morgan fingerprint density at radius 1 is 1.19 bits per heavy atom. The minimum absolute atomic E-state index is 0.204. The van der Waals surface area contributed by atoms with Crippen molar-refractivity contribution in [2.75, 3.05) is 10.6 Å². The van der Waals surface area contributed by atoms with Crippen molar-refractivity contribution in [2.45, 2.75) is 13.8 Å². The maximum absolute atomic E-state index is 10.9. The number of anilines is 2. The molecule has 0 radical (unpaired) electrons. The first-order valence-electron chi connectivity index (χ1n) is 4.59. The van der Waals surface area contributed by atoms with Gasteiger partial charge in [0.15, 0.2) is 0 Å². The van der Waals surface area contributed by atoms with Crippen molar-refractivity contribution < 1.29 is 9.59 Å². The van der Waals surface area contributed by atoms with Crippen LogP contribution in [0.15, 0.2) is 18.2 Å². The predicted molar refractivity (Wildman–Crippen MR) is 61.3 cm³/mol. The van der Waals surface area contributed by atoms with Gasteiger partial charge < -0.3 is 10.6 Å². The molecule has 0 atom stereocenters. The van der Waals surface area contributed by atoms with Gasteiger partial charge in [0, 0.05) is 25.2 Å². The van der Waals surface area contributed by atoms with Crippen LogP contribution in [0.3, 0.4) is 0 Å². The highest BCUT2D eigenvalue weighted by molar-refractivity contribution is 5.95. The summed E-state index contributed by atoms with van der Waals surface area (Å²) >= 11 is 0. The number of hydrogen-bond donors (Lipinski definition) is 2. The monoisotopic (exact) mass is 217 g/mol. The summed E-state index contributed by atoms with van der Waals surface area (Å²) in [6.45, 7) is 9.68. The van der Waals surface area contributed by atoms with Gasteiger partial charge in [-0.1, -0.05) is 6.07 Å². The van der Waals surface area contributed by atoms with Crippen molar-refractivity contribution in [3.8, 4) is 0 Å². The van der Waals surface area contributed by atoms with Crippen molar-refractivity contribution in [3.63, 3.8) is 0 Å². The summed E-state index contributed by atoms with van der Waals surface area (Å²) in [6, 6.07) is 4.71. The quantitative estimate of drug-likeness (QED) is 0.745. The molecule has 0 bridgehead atoms. The lowest BCUT2D eigenvalue weighted by Gasteiger charge is -2.08. The second-order valence-corrected chi connectivity index (χ2v) is 3.21. The first-order valence-corrected chi connectivity index (χ1v) is 4.59. The molecule has 16 heavy (non-hydrogen) atoms. The third-order valence-corrected chi connectivity index (χ3v) is 1.75. The van der Waals surface area contributed by atoms with E-state index in [1.807, 2.05) is 0 Å². The molecule has 2 amide bonds. The maximum Gasteiger partial charge on any atom is 0.221 e. The summed E-state index contributed by atoms with van der Waals surface area (Å²) in [6.07, 6.45) is 0. The van der Waals surface area contributed by atoms with Crippen LogP contribution in [0, 0.1) is 6.57 Å². The second-order valence-electron chi connectivity index (χ2n) is 3.21. The molecule has 0 saturated carbocycles. The average Bonchev–Trinajstić information content (AvgIpc) is 2.16. The molecule has 0 heterocycles. The van der Waals surface area contributed by atoms with Crippen molar-refractivity contribution in [1.82, 2.24) is 0 Å². The van der Waals surface area contributed by atoms with Crippen molar-refractivity contribution in [1.29, 1.82) is 0 Å². The molecule has 2 N–H and O–H groups in total. The van der Waals surface area contributed by atoms with Gasteiger partial charge in [-0.15, -0.1) is 0 Å². The molecule has 5 heteroatoms. The lowest BCUT2D eigenvalue weighted by atomic mass is 10.2. The van der Waals surface area contributed by atoms with Crippen LogP contribution in [0.5, 0.6) is 0 Å². The predicted octanol–water partition coefficient (Wildman–Crippen LogP) is 2.15. The summed E-state index contributed by atoms with van der Waals surface area (Å²) in [5, 5.41) is 5.11. The molecule has 0 saturated heterocycles. The van der Waals surface area contributed by atoms with Crippen LogP contribution in [0.1, 0.15) is 13.8 Å². The summed E-state index contributed by atoms with van der Waals surface area (Å²) in [4.78, 5) is 25.0. The van der Waals surface area contributed by atoms with E-state index < -0.39 is 0 Å². The summed E-state index contributed by atoms with van der Waals surface area (Å²) in [7, 11) is 0. The number of benzene rings is 1. The van der Waals surface area contributed by atoms with E-state index in [4.69, 9.17) is 6.57 Å². The zero-order valence-electron chi connectivity index (χ0n) is 9.00. The maximum atomic E-state index is 10.9. The van der Waals surface area contributed by atoms with Crippen LogP contribution in [-0.2, 0) is 9.59 Å². The Bertz CT molecular complexity index is 475. The Balaban J connectivity index is 3.06. The Labute approximate surface area is 93.3 Å². The third-order valence-electron chi connectivity index (χ3n) is 1.75. The summed E-state index contributed by atoms with van der Waals surface area (Å²) in [5.41, 5.74) is 1.28. The molecule has 1 aromatic carbocycles. The van der Waals surface area contributed by atoms with Crippen LogP contribution in [-0.4, -0.2) is 11.8 Å². The highest BCUT2D eigenvalue weighted by atomic mass is 16.2. The van der Waals surface area contributed by atoms with E-state index in [1.165, 1.54) is 13.8 Å². The van der Waals surface area contributed by atoms with Crippen LogP contribution in [0.25, 0.3) is 4.85 Å². The molecular formula is C11H11N3O2. The minimum atomic E-state index is -0.259. The number of carbonyl (C=O) groups is 2. The molecule has 0 spiro atoms. The zero-order valence-corrected chi connectivity index (χ0v) is 9.00. The number of amides is 2. The highest BCUT2D eigenvalue weighted by Gasteiger charge is 2.05. The van der Waals surface area contributed by atoms with Gasteiger partial charge in [0.1, 0.15) is 0 Å². The number of nitrogens with one attached hydrogen (secondary N) is 2. The van der Waals surface area contributed by atoms with Gasteiger partial charge in [-0.25, -0.2) is 4.85 Å². The number of hydrogen-bond acceptors (Lipinski definition) is 2. The van der Waals surface area contributed by atoms with Gasteiger partial charge in [0.25, 0.3) is 0 Å². The molecule has 0 unspecified atom stereocenters. The lowest BCUT2D eigenvalue weighted by Crippen LogP contribution is -2.08. The second kappa shape index (κ2) is 4.94. The van der Waals surface area contributed by atoms with Gasteiger partial charge in [0.05, 0.1) is 6.57 Å². The van der Waals surface area contributed by atoms with E-state index in [9.17, 15) is 9.59 Å². The molecule has 1 aromatic rings. The normalized spacial score (nSPS) is 9.06. The van der Waals surface area contributed by atoms with Crippen LogP contribution in [0.2, 0.25) is 0 Å². The van der Waals surface area contributed by atoms with Gasteiger partial charge in [0.2, 0.25) is 17.5 Å². The average molecular weight is 217 g/mol. The van der Waals surface area contributed by atoms with Gasteiger partial charge >= 0.3 is 0 Å². The topological polar surface area (TPSA) is 62.6 Å². The molecule has 5 nitrogen and oxygen atoms in total. The lowest BCUT2D eigenvalue weighted by molar-refractivity contribution is -0.115. The molecule has 0 aromatic heterocycles. The van der Waals surface area contributed by atoms with Crippen molar-refractivity contribution in [2.24, 2.45) is 0 Å². The van der Waals surface area contributed by atoms with E-state index in [-0.39, 0.29) is 11.8 Å². The SMILES string of the molecule is [C-]#[N+]c1ccc(NC(C)=O)cc1NC(C)=O. The Morgan fingerprint density at radius 3 is 2.31 bits per heavy atom. The fraction of sp³-hybridized carbons (Fsp3) is 0.182. The molecule has 1 rings (SSSR count).